The average molecular weight is 645 g/mol. The van der Waals surface area contributed by atoms with Gasteiger partial charge in [0.15, 0.2) is 5.82 Å². The Kier molecular flexibility index (Phi) is 9.36. The monoisotopic (exact) mass is 644 g/mol. The quantitative estimate of drug-likeness (QED) is 0.230. The van der Waals surface area contributed by atoms with Crippen LogP contribution < -0.4 is 9.64 Å². The van der Waals surface area contributed by atoms with Gasteiger partial charge in [-0.05, 0) is 96.7 Å². The van der Waals surface area contributed by atoms with Crippen LogP contribution in [0.3, 0.4) is 0 Å². The molecule has 0 saturated carbocycles. The van der Waals surface area contributed by atoms with Crippen molar-refractivity contribution in [3.8, 4) is 17.1 Å². The third kappa shape index (κ3) is 8.34. The molecule has 1 saturated heterocycles. The molecule has 1 fully saturated rings. The lowest BCUT2D eigenvalue weighted by Gasteiger charge is -2.33. The van der Waals surface area contributed by atoms with Crippen LogP contribution in [0.5, 0.6) is 5.75 Å². The fourth-order valence-electron chi connectivity index (χ4n) is 5.11. The van der Waals surface area contributed by atoms with Crippen molar-refractivity contribution in [3.63, 3.8) is 0 Å². The lowest BCUT2D eigenvalue weighted by molar-refractivity contribution is 0.0164. The second-order valence-electron chi connectivity index (χ2n) is 13.4. The summed E-state index contributed by atoms with van der Waals surface area (Å²) >= 11 is 0. The Labute approximate surface area is 273 Å². The molecule has 0 aliphatic carbocycles. The van der Waals surface area contributed by atoms with Crippen LogP contribution >= 0.6 is 0 Å². The molecule has 13 nitrogen and oxygen atoms in total. The van der Waals surface area contributed by atoms with E-state index in [1.807, 2.05) is 45.0 Å². The van der Waals surface area contributed by atoms with Crippen LogP contribution in [0.25, 0.3) is 22.3 Å². The Morgan fingerprint density at radius 2 is 1.68 bits per heavy atom. The number of ether oxygens (including phenoxy) is 3. The fraction of sp³-hybridized carbons (Fsp3) is 0.412. The van der Waals surface area contributed by atoms with Gasteiger partial charge < -0.3 is 24.2 Å². The number of fused-ring (bicyclic) bond motifs is 1. The molecule has 0 unspecified atom stereocenters. The van der Waals surface area contributed by atoms with Gasteiger partial charge in [-0.1, -0.05) is 12.1 Å². The molecule has 0 bridgehead atoms. The minimum absolute atomic E-state index is 0.261. The number of likely N-dealkylation sites (tertiary alicyclic amines) is 1. The van der Waals surface area contributed by atoms with Crippen LogP contribution in [-0.4, -0.2) is 78.9 Å². The first-order chi connectivity index (χ1) is 22.2. The number of amides is 2. The Bertz CT molecular complexity index is 1770. The van der Waals surface area contributed by atoms with Gasteiger partial charge in [-0.15, -0.1) is 0 Å². The summed E-state index contributed by atoms with van der Waals surface area (Å²) in [5, 5.41) is 13.9. The number of carbonyl (C=O) groups is 3. The second kappa shape index (κ2) is 13.3. The van der Waals surface area contributed by atoms with Gasteiger partial charge >= 0.3 is 18.3 Å². The van der Waals surface area contributed by atoms with E-state index in [1.54, 1.807) is 56.1 Å². The van der Waals surface area contributed by atoms with Gasteiger partial charge in [-0.2, -0.15) is 9.78 Å². The highest BCUT2D eigenvalue weighted by molar-refractivity contribution is 5.98. The normalized spacial score (nSPS) is 14.1. The summed E-state index contributed by atoms with van der Waals surface area (Å²) in [6.07, 6.45) is 2.44. The summed E-state index contributed by atoms with van der Waals surface area (Å²) < 4.78 is 18.2. The smallest absolute Gasteiger partial charge is 0.432 e. The molecule has 2 aromatic carbocycles. The molecule has 1 aliphatic rings. The summed E-state index contributed by atoms with van der Waals surface area (Å²) in [6.45, 7) is 12.6. The lowest BCUT2D eigenvalue weighted by Crippen LogP contribution is -2.42. The topological polar surface area (TPSA) is 149 Å². The van der Waals surface area contributed by atoms with Crippen molar-refractivity contribution < 1.29 is 33.7 Å². The molecule has 47 heavy (non-hydrogen) atoms. The molecule has 2 aromatic heterocycles. The maximum Gasteiger partial charge on any atom is 0.432 e. The molecule has 13 heteroatoms. The number of piperidine rings is 1. The summed E-state index contributed by atoms with van der Waals surface area (Å²) in [5.74, 6) is 1.57. The molecular formula is C34H40N6O7. The van der Waals surface area contributed by atoms with Gasteiger partial charge in [0, 0.05) is 30.2 Å². The molecule has 1 aliphatic heterocycles. The first-order valence-corrected chi connectivity index (χ1v) is 15.5. The minimum Gasteiger partial charge on any atom is -0.493 e. The zero-order valence-corrected chi connectivity index (χ0v) is 27.5. The molecule has 1 N–H and O–H groups in total. The van der Waals surface area contributed by atoms with Crippen molar-refractivity contribution in [2.24, 2.45) is 5.92 Å². The number of benzene rings is 2. The number of rotatable bonds is 6. The lowest BCUT2D eigenvalue weighted by atomic mass is 9.98. The fourth-order valence-corrected chi connectivity index (χ4v) is 5.11. The van der Waals surface area contributed by atoms with Crippen LogP contribution in [0.4, 0.5) is 25.9 Å². The van der Waals surface area contributed by atoms with Crippen molar-refractivity contribution in [1.82, 2.24) is 24.6 Å². The molecule has 2 amide bonds. The van der Waals surface area contributed by atoms with E-state index in [2.05, 4.69) is 10.1 Å². The van der Waals surface area contributed by atoms with E-state index in [1.165, 1.54) is 11.1 Å². The van der Waals surface area contributed by atoms with Gasteiger partial charge in [0.25, 0.3) is 0 Å². The Balaban J connectivity index is 1.33. The number of aromatic nitrogens is 4. The summed E-state index contributed by atoms with van der Waals surface area (Å²) in [5.41, 5.74) is 0.158. The van der Waals surface area contributed by atoms with E-state index in [-0.39, 0.29) is 11.9 Å². The van der Waals surface area contributed by atoms with E-state index in [0.717, 1.165) is 17.5 Å². The van der Waals surface area contributed by atoms with Gasteiger partial charge in [0.1, 0.15) is 22.8 Å². The van der Waals surface area contributed by atoms with Crippen molar-refractivity contribution in [1.29, 1.82) is 0 Å². The van der Waals surface area contributed by atoms with E-state index >= 15 is 0 Å². The van der Waals surface area contributed by atoms with Crippen LogP contribution in [0.15, 0.2) is 60.9 Å². The van der Waals surface area contributed by atoms with E-state index in [9.17, 15) is 19.5 Å². The number of carboxylic acid groups (broad SMARTS) is 1. The van der Waals surface area contributed by atoms with Crippen LogP contribution in [-0.2, 0) is 9.47 Å². The van der Waals surface area contributed by atoms with Crippen molar-refractivity contribution in [3.05, 3.63) is 60.9 Å². The largest absolute Gasteiger partial charge is 0.493 e. The van der Waals surface area contributed by atoms with E-state index in [4.69, 9.17) is 19.2 Å². The van der Waals surface area contributed by atoms with E-state index in [0.29, 0.717) is 59.3 Å². The standard InChI is InChI=1S/C34H40N6O7/c1-33(2,3)46-31(43)38-16-13-22(14-17-38)21-45-26-9-7-8-23(19-26)29-35-15-12-28(37-29)39(32(44)47-34(4,5)6)25-10-11-27-24(18-25)20-36-40(27)30(41)42/h7-12,15,18-20,22H,13-14,16-17,21H2,1-6H3,(H,41,42). The van der Waals surface area contributed by atoms with Crippen molar-refractivity contribution in [2.75, 3.05) is 24.6 Å². The van der Waals surface area contributed by atoms with Crippen LogP contribution in [0.1, 0.15) is 54.4 Å². The Morgan fingerprint density at radius 1 is 0.957 bits per heavy atom. The molecule has 5 rings (SSSR count). The highest BCUT2D eigenvalue weighted by Crippen LogP contribution is 2.31. The molecule has 3 heterocycles. The number of carbonyl (C=O) groups excluding carboxylic acids is 2. The second-order valence-corrected chi connectivity index (χ2v) is 13.4. The number of anilines is 2. The predicted octanol–water partition coefficient (Wildman–Crippen LogP) is 7.12. The molecule has 4 aromatic rings. The first-order valence-electron chi connectivity index (χ1n) is 15.5. The third-order valence-electron chi connectivity index (χ3n) is 7.28. The van der Waals surface area contributed by atoms with E-state index < -0.39 is 23.4 Å². The predicted molar refractivity (Wildman–Crippen MR) is 175 cm³/mol. The number of hydrogen-bond donors (Lipinski definition) is 1. The van der Waals surface area contributed by atoms with Gasteiger partial charge in [0.2, 0.25) is 0 Å². The zero-order valence-electron chi connectivity index (χ0n) is 27.5. The summed E-state index contributed by atoms with van der Waals surface area (Å²) in [6, 6.07) is 13.9. The number of nitrogens with zero attached hydrogens (tertiary/aromatic N) is 6. The van der Waals surface area contributed by atoms with Crippen LogP contribution in [0, 0.1) is 5.92 Å². The first kappa shape index (κ1) is 33.2. The van der Waals surface area contributed by atoms with Gasteiger partial charge in [-0.25, -0.2) is 29.3 Å². The third-order valence-corrected chi connectivity index (χ3v) is 7.28. The SMILES string of the molecule is CC(C)(C)OC(=O)N1CCC(COc2cccc(-c3nccc(N(C(=O)OC(C)(C)C)c4ccc5c(cnn5C(=O)O)c4)n3)c2)CC1. The number of hydrogen-bond acceptors (Lipinski definition) is 9. The van der Waals surface area contributed by atoms with Crippen LogP contribution in [0.2, 0.25) is 0 Å². The molecule has 248 valence electrons. The van der Waals surface area contributed by atoms with Gasteiger partial charge in [0.05, 0.1) is 24.0 Å². The summed E-state index contributed by atoms with van der Waals surface area (Å²) in [4.78, 5) is 49.7. The zero-order chi connectivity index (χ0) is 33.9. The highest BCUT2D eigenvalue weighted by Gasteiger charge is 2.29. The maximum absolute atomic E-state index is 13.5. The molecular weight excluding hydrogens is 604 g/mol. The van der Waals surface area contributed by atoms with Crippen molar-refractivity contribution in [2.45, 2.75) is 65.6 Å². The maximum atomic E-state index is 13.5. The minimum atomic E-state index is -1.22. The summed E-state index contributed by atoms with van der Waals surface area (Å²) in [7, 11) is 0. The average Bonchev–Trinajstić information content (AvgIpc) is 3.43. The van der Waals surface area contributed by atoms with Crippen molar-refractivity contribution >= 4 is 40.7 Å². The van der Waals surface area contributed by atoms with Gasteiger partial charge in [-0.3, -0.25) is 0 Å². The molecule has 0 spiro atoms. The molecule has 0 radical (unpaired) electrons. The Hall–Kier alpha value is -5.20. The molecule has 0 atom stereocenters. The Morgan fingerprint density at radius 3 is 2.36 bits per heavy atom. The highest BCUT2D eigenvalue weighted by atomic mass is 16.6.